The molecule has 0 amide bonds. The van der Waals surface area contributed by atoms with Gasteiger partial charge in [0.1, 0.15) is 10.5 Å². The molecule has 4 aromatic rings. The van der Waals surface area contributed by atoms with Gasteiger partial charge in [-0.3, -0.25) is 9.36 Å². The normalized spacial score (nSPS) is 15.7. The highest BCUT2D eigenvalue weighted by Gasteiger charge is 2.24. The van der Waals surface area contributed by atoms with Crippen LogP contribution in [0.5, 0.6) is 5.75 Å². The van der Waals surface area contributed by atoms with Crippen LogP contribution in [0.4, 0.5) is 10.2 Å². The predicted octanol–water partition coefficient (Wildman–Crippen LogP) is 4.82. The fraction of sp³-hybridized carbons (Fsp3) is 0.280. The maximum Gasteiger partial charge on any atom is 0.273 e. The highest BCUT2D eigenvalue weighted by atomic mass is 35.5. The highest BCUT2D eigenvalue weighted by molar-refractivity contribution is 7.22. The molecule has 9 heteroatoms. The molecule has 5 rings (SSSR count). The Kier molecular flexibility index (Phi) is 6.93. The molecule has 1 aliphatic heterocycles. The number of hydrogen-bond acceptors (Lipinski definition) is 6. The molecule has 0 spiro atoms. The highest BCUT2D eigenvalue weighted by Crippen LogP contribution is 2.34. The average Bonchev–Trinajstić information content (AvgIpc) is 3.48. The van der Waals surface area contributed by atoms with Gasteiger partial charge >= 0.3 is 0 Å². The van der Waals surface area contributed by atoms with E-state index in [4.69, 9.17) is 4.74 Å². The Hall–Kier alpha value is -2.94. The first-order valence-corrected chi connectivity index (χ1v) is 11.6. The molecule has 178 valence electrons. The third kappa shape index (κ3) is 4.41. The van der Waals surface area contributed by atoms with Gasteiger partial charge in [0.05, 0.1) is 19.0 Å². The van der Waals surface area contributed by atoms with E-state index in [-0.39, 0.29) is 23.7 Å². The molecule has 1 saturated heterocycles. The standard InChI is InChI=1S/C25H25FN4O2S.ClH/c1-28(2)19-9-10-29(15-19)23-7-5-18(14-27-23)30-11-8-17-13-22(33-24(17)25(30)31)16-4-6-21(32-3)20(26)12-16;/h4-8,11-14,19H,9-10,15H2,1-3H3;1H. The molecule has 1 unspecified atom stereocenters. The van der Waals surface area contributed by atoms with Crippen molar-refractivity contribution in [2.24, 2.45) is 0 Å². The number of likely N-dealkylation sites (N-methyl/N-ethyl adjacent to an activating group) is 1. The van der Waals surface area contributed by atoms with Gasteiger partial charge in [-0.05, 0) is 68.5 Å². The maximum absolute atomic E-state index is 14.2. The monoisotopic (exact) mass is 500 g/mol. The zero-order valence-electron chi connectivity index (χ0n) is 19.2. The van der Waals surface area contributed by atoms with Crippen molar-refractivity contribution in [1.29, 1.82) is 0 Å². The van der Waals surface area contributed by atoms with Gasteiger partial charge in [-0.25, -0.2) is 9.37 Å². The predicted molar refractivity (Wildman–Crippen MR) is 139 cm³/mol. The summed E-state index contributed by atoms with van der Waals surface area (Å²) in [4.78, 5) is 23.2. The minimum absolute atomic E-state index is 0. The number of benzene rings is 1. The molecule has 34 heavy (non-hydrogen) atoms. The van der Waals surface area contributed by atoms with Crippen LogP contribution in [0, 0.1) is 5.82 Å². The first-order valence-electron chi connectivity index (χ1n) is 10.8. The van der Waals surface area contributed by atoms with Crippen molar-refractivity contribution < 1.29 is 9.13 Å². The number of hydrogen-bond donors (Lipinski definition) is 0. The van der Waals surface area contributed by atoms with E-state index in [0.29, 0.717) is 16.3 Å². The van der Waals surface area contributed by atoms with Crippen molar-refractivity contribution in [1.82, 2.24) is 14.5 Å². The Balaban J connectivity index is 0.00000274. The first-order chi connectivity index (χ1) is 15.9. The summed E-state index contributed by atoms with van der Waals surface area (Å²) in [5, 5.41) is 0.837. The molecular formula is C25H26ClFN4O2S. The molecule has 0 N–H and O–H groups in total. The summed E-state index contributed by atoms with van der Waals surface area (Å²) >= 11 is 1.36. The second-order valence-electron chi connectivity index (χ2n) is 8.46. The lowest BCUT2D eigenvalue weighted by molar-refractivity contribution is 0.315. The Labute approximate surface area is 207 Å². The number of ether oxygens (including phenoxy) is 1. The maximum atomic E-state index is 14.2. The number of pyridine rings is 2. The van der Waals surface area contributed by atoms with Gasteiger partial charge in [0.15, 0.2) is 11.6 Å². The van der Waals surface area contributed by atoms with E-state index in [9.17, 15) is 9.18 Å². The number of fused-ring (bicyclic) bond motifs is 1. The van der Waals surface area contributed by atoms with E-state index >= 15 is 0 Å². The van der Waals surface area contributed by atoms with E-state index in [1.807, 2.05) is 24.3 Å². The number of methoxy groups -OCH3 is 1. The number of nitrogens with zero attached hydrogens (tertiary/aromatic N) is 4. The van der Waals surface area contributed by atoms with Crippen LogP contribution in [0.3, 0.4) is 0 Å². The van der Waals surface area contributed by atoms with Crippen LogP contribution in [0.1, 0.15) is 6.42 Å². The summed E-state index contributed by atoms with van der Waals surface area (Å²) in [5.41, 5.74) is 1.33. The Bertz CT molecular complexity index is 1370. The summed E-state index contributed by atoms with van der Waals surface area (Å²) in [5.74, 6) is 0.701. The van der Waals surface area contributed by atoms with Crippen molar-refractivity contribution in [3.63, 3.8) is 0 Å². The lowest BCUT2D eigenvalue weighted by Crippen LogP contribution is -2.31. The Morgan fingerprint density at radius 3 is 2.65 bits per heavy atom. The summed E-state index contributed by atoms with van der Waals surface area (Å²) in [6, 6.07) is 13.1. The quantitative estimate of drug-likeness (QED) is 0.393. The van der Waals surface area contributed by atoms with Crippen molar-refractivity contribution in [2.45, 2.75) is 12.5 Å². The van der Waals surface area contributed by atoms with Crippen LogP contribution in [-0.2, 0) is 0 Å². The molecule has 6 nitrogen and oxygen atoms in total. The zero-order chi connectivity index (χ0) is 23.1. The molecule has 3 aromatic heterocycles. The van der Waals surface area contributed by atoms with Crippen molar-refractivity contribution in [3.05, 3.63) is 71.0 Å². The van der Waals surface area contributed by atoms with Gasteiger partial charge < -0.3 is 14.5 Å². The van der Waals surface area contributed by atoms with Crippen LogP contribution in [0.15, 0.2) is 59.7 Å². The van der Waals surface area contributed by atoms with Crippen molar-refractivity contribution >= 4 is 39.6 Å². The summed E-state index contributed by atoms with van der Waals surface area (Å²) in [7, 11) is 5.65. The van der Waals surface area contributed by atoms with Crippen molar-refractivity contribution in [2.75, 3.05) is 39.2 Å². The molecule has 1 aromatic carbocycles. The fourth-order valence-corrected chi connectivity index (χ4v) is 5.35. The van der Waals surface area contributed by atoms with E-state index in [1.54, 1.807) is 29.1 Å². The fourth-order valence-electron chi connectivity index (χ4n) is 4.27. The number of anilines is 1. The Morgan fingerprint density at radius 1 is 1.18 bits per heavy atom. The molecule has 1 atom stereocenters. The molecule has 0 saturated carbocycles. The van der Waals surface area contributed by atoms with E-state index in [0.717, 1.165) is 41.3 Å². The number of aromatic nitrogens is 2. The molecular weight excluding hydrogens is 475 g/mol. The van der Waals surface area contributed by atoms with Gasteiger partial charge in [-0.15, -0.1) is 23.7 Å². The van der Waals surface area contributed by atoms with E-state index in [2.05, 4.69) is 28.9 Å². The molecule has 1 fully saturated rings. The summed E-state index contributed by atoms with van der Waals surface area (Å²) in [6.07, 6.45) is 4.63. The largest absolute Gasteiger partial charge is 0.494 e. The molecule has 0 bridgehead atoms. The SMILES string of the molecule is COc1ccc(-c2cc3ccn(-c4ccc(N5CCC(N(C)C)C5)nc4)c(=O)c3s2)cc1F.Cl. The summed E-state index contributed by atoms with van der Waals surface area (Å²) in [6.45, 7) is 1.93. The second-order valence-corrected chi connectivity index (χ2v) is 9.51. The molecule has 0 aliphatic carbocycles. The topological polar surface area (TPSA) is 50.6 Å². The van der Waals surface area contributed by atoms with E-state index in [1.165, 1.54) is 24.5 Å². The van der Waals surface area contributed by atoms with Crippen LogP contribution in [-0.4, -0.2) is 54.8 Å². The lowest BCUT2D eigenvalue weighted by atomic mass is 10.1. The average molecular weight is 501 g/mol. The molecule has 0 radical (unpaired) electrons. The van der Waals surface area contributed by atoms with E-state index < -0.39 is 5.82 Å². The third-order valence-corrected chi connectivity index (χ3v) is 7.43. The third-order valence-electron chi connectivity index (χ3n) is 6.24. The van der Waals surface area contributed by atoms with Crippen LogP contribution in [0.2, 0.25) is 0 Å². The smallest absolute Gasteiger partial charge is 0.273 e. The molecule has 1 aliphatic rings. The van der Waals surface area contributed by atoms with Crippen LogP contribution < -0.4 is 15.2 Å². The number of rotatable bonds is 5. The molecule has 4 heterocycles. The number of thiophene rings is 1. The van der Waals surface area contributed by atoms with Gasteiger partial charge in [0.2, 0.25) is 0 Å². The van der Waals surface area contributed by atoms with Gasteiger partial charge in [-0.2, -0.15) is 0 Å². The van der Waals surface area contributed by atoms with Gasteiger partial charge in [0, 0.05) is 35.6 Å². The Morgan fingerprint density at radius 2 is 2.00 bits per heavy atom. The zero-order valence-corrected chi connectivity index (χ0v) is 20.8. The second kappa shape index (κ2) is 9.74. The van der Waals surface area contributed by atoms with Crippen LogP contribution in [0.25, 0.3) is 26.2 Å². The van der Waals surface area contributed by atoms with Gasteiger partial charge in [-0.1, -0.05) is 0 Å². The first kappa shape index (κ1) is 24.2. The van der Waals surface area contributed by atoms with Gasteiger partial charge in [0.25, 0.3) is 5.56 Å². The van der Waals surface area contributed by atoms with Crippen molar-refractivity contribution in [3.8, 4) is 21.9 Å². The van der Waals surface area contributed by atoms with Crippen LogP contribution >= 0.6 is 23.7 Å². The minimum Gasteiger partial charge on any atom is -0.494 e. The number of halogens is 2. The minimum atomic E-state index is -0.425. The summed E-state index contributed by atoms with van der Waals surface area (Å²) < 4.78 is 21.4. The lowest BCUT2D eigenvalue weighted by Gasteiger charge is -2.21.